The molecule has 1 aromatic carbocycles. The highest BCUT2D eigenvalue weighted by molar-refractivity contribution is 5.98. The van der Waals surface area contributed by atoms with Gasteiger partial charge in [-0.25, -0.2) is 0 Å². The van der Waals surface area contributed by atoms with E-state index in [0.717, 1.165) is 12.8 Å². The van der Waals surface area contributed by atoms with Gasteiger partial charge in [-0.2, -0.15) is 0 Å². The van der Waals surface area contributed by atoms with Crippen molar-refractivity contribution in [2.45, 2.75) is 90.0 Å². The summed E-state index contributed by atoms with van der Waals surface area (Å²) in [5.74, 6) is 0.0727. The van der Waals surface area contributed by atoms with Gasteiger partial charge < -0.3 is 25.2 Å². The molecule has 1 rings (SSSR count). The Hall–Kier alpha value is -2.28. The van der Waals surface area contributed by atoms with Gasteiger partial charge in [0.05, 0.1) is 20.8 Å². The van der Waals surface area contributed by atoms with E-state index >= 15 is 0 Å². The lowest BCUT2D eigenvalue weighted by Crippen LogP contribution is -2.49. The van der Waals surface area contributed by atoms with Crippen LogP contribution in [0.3, 0.4) is 0 Å². The van der Waals surface area contributed by atoms with Gasteiger partial charge in [0.1, 0.15) is 17.5 Å². The molecule has 1 aromatic rings. The van der Waals surface area contributed by atoms with Crippen molar-refractivity contribution in [2.24, 2.45) is 0 Å². The lowest BCUT2D eigenvalue weighted by atomic mass is 10.1. The molecule has 33 heavy (non-hydrogen) atoms. The number of methoxy groups -OCH3 is 2. The number of unbranched alkanes of at least 4 members (excludes halogenated alkanes) is 11. The van der Waals surface area contributed by atoms with Crippen molar-refractivity contribution < 1.29 is 24.2 Å². The summed E-state index contributed by atoms with van der Waals surface area (Å²) in [6.45, 7) is 2.31. The molecule has 3 N–H and O–H groups in total. The van der Waals surface area contributed by atoms with Crippen LogP contribution < -0.4 is 20.1 Å². The Bertz CT molecular complexity index is 658. The Morgan fingerprint density at radius 3 is 1.76 bits per heavy atom. The van der Waals surface area contributed by atoms with Gasteiger partial charge in [0.25, 0.3) is 5.91 Å². The summed E-state index contributed by atoms with van der Waals surface area (Å²) >= 11 is 0. The van der Waals surface area contributed by atoms with Crippen LogP contribution in [0, 0.1) is 0 Å². The summed E-state index contributed by atoms with van der Waals surface area (Å²) in [6.07, 6.45) is 15.1. The highest BCUT2D eigenvalue weighted by Crippen LogP contribution is 2.22. The number of aliphatic hydroxyl groups excluding tert-OH is 1. The molecule has 0 spiro atoms. The maximum Gasteiger partial charge on any atom is 0.252 e. The highest BCUT2D eigenvalue weighted by atomic mass is 16.5. The predicted octanol–water partition coefficient (Wildman–Crippen LogP) is 4.61. The number of benzene rings is 1. The van der Waals surface area contributed by atoms with Crippen LogP contribution >= 0.6 is 0 Å². The van der Waals surface area contributed by atoms with E-state index in [2.05, 4.69) is 17.6 Å². The topological polar surface area (TPSA) is 96.9 Å². The predicted molar refractivity (Wildman–Crippen MR) is 132 cm³/mol. The van der Waals surface area contributed by atoms with E-state index in [1.165, 1.54) is 78.4 Å². The SMILES string of the molecule is CCCCCCCCCCCCCCNC(=O)C(CO)NC(=O)c1cc(OC)cc(OC)c1. The summed E-state index contributed by atoms with van der Waals surface area (Å²) in [4.78, 5) is 24.9. The summed E-state index contributed by atoms with van der Waals surface area (Å²) in [5.41, 5.74) is 0.290. The van der Waals surface area contributed by atoms with Crippen LogP contribution in [0.1, 0.15) is 94.3 Å². The molecule has 0 saturated carbocycles. The highest BCUT2D eigenvalue weighted by Gasteiger charge is 2.21. The molecule has 0 aliphatic carbocycles. The molecule has 188 valence electrons. The minimum absolute atomic E-state index is 0.290. The van der Waals surface area contributed by atoms with Crippen molar-refractivity contribution in [3.8, 4) is 11.5 Å². The molecule has 1 atom stereocenters. The molecular formula is C26H44N2O5. The first-order valence-corrected chi connectivity index (χ1v) is 12.5. The number of rotatable bonds is 19. The summed E-state index contributed by atoms with van der Waals surface area (Å²) < 4.78 is 10.3. The molecule has 0 aromatic heterocycles. The average molecular weight is 465 g/mol. The van der Waals surface area contributed by atoms with Crippen molar-refractivity contribution in [1.29, 1.82) is 0 Å². The lowest BCUT2D eigenvalue weighted by Gasteiger charge is -2.17. The van der Waals surface area contributed by atoms with Crippen LogP contribution in [0.4, 0.5) is 0 Å². The second-order valence-electron chi connectivity index (χ2n) is 8.49. The Morgan fingerprint density at radius 1 is 0.818 bits per heavy atom. The molecule has 7 heteroatoms. The van der Waals surface area contributed by atoms with E-state index in [1.54, 1.807) is 18.2 Å². The normalized spacial score (nSPS) is 11.6. The molecule has 0 heterocycles. The Kier molecular flexibility index (Phi) is 15.8. The van der Waals surface area contributed by atoms with Gasteiger partial charge in [-0.3, -0.25) is 9.59 Å². The van der Waals surface area contributed by atoms with E-state index in [9.17, 15) is 14.7 Å². The minimum Gasteiger partial charge on any atom is -0.497 e. The number of amides is 2. The zero-order valence-electron chi connectivity index (χ0n) is 20.8. The molecule has 2 amide bonds. The molecular weight excluding hydrogens is 420 g/mol. The monoisotopic (exact) mass is 464 g/mol. The van der Waals surface area contributed by atoms with Crippen LogP contribution in [0.2, 0.25) is 0 Å². The molecule has 1 unspecified atom stereocenters. The van der Waals surface area contributed by atoms with E-state index in [1.807, 2.05) is 0 Å². The largest absolute Gasteiger partial charge is 0.497 e. The minimum atomic E-state index is -1.01. The molecule has 0 aliphatic heterocycles. The van der Waals surface area contributed by atoms with Crippen LogP contribution in [0.5, 0.6) is 11.5 Å². The van der Waals surface area contributed by atoms with Crippen molar-refractivity contribution in [2.75, 3.05) is 27.4 Å². The van der Waals surface area contributed by atoms with Crippen molar-refractivity contribution in [1.82, 2.24) is 10.6 Å². The quantitative estimate of drug-likeness (QED) is 0.260. The molecule has 7 nitrogen and oxygen atoms in total. The second kappa shape index (κ2) is 18.2. The van der Waals surface area contributed by atoms with Gasteiger partial charge in [0.15, 0.2) is 0 Å². The zero-order valence-corrected chi connectivity index (χ0v) is 20.8. The summed E-state index contributed by atoms with van der Waals surface area (Å²) in [7, 11) is 2.99. The third kappa shape index (κ3) is 12.5. The van der Waals surface area contributed by atoms with Crippen molar-refractivity contribution in [3.05, 3.63) is 23.8 Å². The average Bonchev–Trinajstić information content (AvgIpc) is 2.84. The van der Waals surface area contributed by atoms with Crippen molar-refractivity contribution >= 4 is 11.8 Å². The van der Waals surface area contributed by atoms with Gasteiger partial charge in [0.2, 0.25) is 5.91 Å². The fraction of sp³-hybridized carbons (Fsp3) is 0.692. The first kappa shape index (κ1) is 28.8. The van der Waals surface area contributed by atoms with E-state index in [0.29, 0.717) is 23.6 Å². The number of carbonyl (C=O) groups is 2. The first-order valence-electron chi connectivity index (χ1n) is 12.5. The molecule has 0 fully saturated rings. The third-order valence-electron chi connectivity index (χ3n) is 5.75. The molecule has 0 bridgehead atoms. The smallest absolute Gasteiger partial charge is 0.252 e. The van der Waals surface area contributed by atoms with E-state index in [-0.39, 0.29) is 5.91 Å². The summed E-state index contributed by atoms with van der Waals surface area (Å²) in [6, 6.07) is 3.75. The second-order valence-corrected chi connectivity index (χ2v) is 8.49. The van der Waals surface area contributed by atoms with E-state index in [4.69, 9.17) is 9.47 Å². The van der Waals surface area contributed by atoms with Gasteiger partial charge in [-0.1, -0.05) is 77.6 Å². The number of carbonyl (C=O) groups excluding carboxylic acids is 2. The van der Waals surface area contributed by atoms with Gasteiger partial charge in [0, 0.05) is 18.2 Å². The lowest BCUT2D eigenvalue weighted by molar-refractivity contribution is -0.123. The van der Waals surface area contributed by atoms with Gasteiger partial charge >= 0.3 is 0 Å². The fourth-order valence-corrected chi connectivity index (χ4v) is 3.67. The molecule has 0 aliphatic rings. The summed E-state index contributed by atoms with van der Waals surface area (Å²) in [5, 5.41) is 15.0. The number of nitrogens with one attached hydrogen (secondary N) is 2. The number of hydrogen-bond donors (Lipinski definition) is 3. The van der Waals surface area contributed by atoms with Crippen LogP contribution in [-0.4, -0.2) is 50.3 Å². The van der Waals surface area contributed by atoms with E-state index < -0.39 is 18.6 Å². The van der Waals surface area contributed by atoms with Crippen LogP contribution in [0.15, 0.2) is 18.2 Å². The number of hydrogen-bond acceptors (Lipinski definition) is 5. The Morgan fingerprint density at radius 2 is 1.30 bits per heavy atom. The maximum atomic E-state index is 12.5. The first-order chi connectivity index (χ1) is 16.0. The number of aliphatic hydroxyl groups is 1. The number of ether oxygens (including phenoxy) is 2. The maximum absolute atomic E-state index is 12.5. The third-order valence-corrected chi connectivity index (χ3v) is 5.75. The van der Waals surface area contributed by atoms with Gasteiger partial charge in [-0.15, -0.1) is 0 Å². The van der Waals surface area contributed by atoms with Gasteiger partial charge in [-0.05, 0) is 18.6 Å². The zero-order chi connectivity index (χ0) is 24.3. The molecule has 0 saturated heterocycles. The fourth-order valence-electron chi connectivity index (χ4n) is 3.67. The Balaban J connectivity index is 2.21. The van der Waals surface area contributed by atoms with Crippen molar-refractivity contribution in [3.63, 3.8) is 0 Å². The van der Waals surface area contributed by atoms with Crippen LogP contribution in [-0.2, 0) is 4.79 Å². The standard InChI is InChI=1S/C26H44N2O5/c1-4-5-6-7-8-9-10-11-12-13-14-15-16-27-26(31)24(20-29)28-25(30)21-17-22(32-2)19-23(18-21)33-3/h17-19,24,29H,4-16,20H2,1-3H3,(H,27,31)(H,28,30). The molecule has 0 radical (unpaired) electrons. The Labute approximate surface area is 199 Å². The van der Waals surface area contributed by atoms with Crippen LogP contribution in [0.25, 0.3) is 0 Å².